The Labute approximate surface area is 130 Å². The van der Waals surface area contributed by atoms with Crippen LogP contribution in [0.15, 0.2) is 12.4 Å². The Balaban J connectivity index is 2.23. The number of aryl methyl sites for hydroxylation is 1. The van der Waals surface area contributed by atoms with Gasteiger partial charge in [-0.05, 0) is 6.42 Å². The van der Waals surface area contributed by atoms with Crippen LogP contribution in [-0.2, 0) is 7.05 Å². The molecule has 2 aromatic rings. The van der Waals surface area contributed by atoms with Gasteiger partial charge in [-0.15, -0.1) is 0 Å². The largest absolute Gasteiger partial charge is 0.351 e. The van der Waals surface area contributed by atoms with E-state index in [0.29, 0.717) is 6.54 Å². The van der Waals surface area contributed by atoms with Crippen molar-refractivity contribution in [1.29, 1.82) is 0 Å². The average molecular weight is 321 g/mol. The zero-order chi connectivity index (χ0) is 17.0. The number of anilines is 1. The summed E-state index contributed by atoms with van der Waals surface area (Å²) in [5.74, 6) is -1.19. The van der Waals surface area contributed by atoms with Crippen LogP contribution < -0.4 is 10.6 Å². The van der Waals surface area contributed by atoms with Gasteiger partial charge in [0.15, 0.2) is 0 Å². The van der Waals surface area contributed by atoms with Gasteiger partial charge in [-0.1, -0.05) is 6.92 Å². The van der Waals surface area contributed by atoms with E-state index < -0.39 is 22.4 Å². The summed E-state index contributed by atoms with van der Waals surface area (Å²) in [4.78, 5) is 34.3. The van der Waals surface area contributed by atoms with Crippen molar-refractivity contribution in [3.8, 4) is 0 Å². The normalized spacial score (nSPS) is 10.3. The quantitative estimate of drug-likeness (QED) is 0.519. The molecule has 0 radical (unpaired) electrons. The van der Waals surface area contributed by atoms with Crippen molar-refractivity contribution in [2.24, 2.45) is 7.05 Å². The molecule has 23 heavy (non-hydrogen) atoms. The molecule has 11 heteroatoms. The van der Waals surface area contributed by atoms with Crippen molar-refractivity contribution in [2.75, 3.05) is 11.9 Å². The molecule has 0 saturated heterocycles. The third kappa shape index (κ3) is 3.33. The molecule has 0 fully saturated rings. The molecule has 0 unspecified atom stereocenters. The second-order valence-electron chi connectivity index (χ2n) is 4.63. The second kappa shape index (κ2) is 6.68. The summed E-state index contributed by atoms with van der Waals surface area (Å²) in [6.45, 7) is 2.38. The molecule has 0 bridgehead atoms. The lowest BCUT2D eigenvalue weighted by molar-refractivity contribution is -0.385. The van der Waals surface area contributed by atoms with E-state index in [2.05, 4.69) is 25.9 Å². The van der Waals surface area contributed by atoms with Crippen LogP contribution in [0.2, 0.25) is 0 Å². The zero-order valence-electron chi connectivity index (χ0n) is 12.5. The standard InChI is InChI=1S/C12H15N7O4/c1-3-4-13-12(21)10-7(5-15-18(10)2)16-11(20)9-8(19(22)23)6-14-17-9/h5-6H,3-4H2,1-2H3,(H,13,21)(H,14,17)(H,16,20). The number of aromatic amines is 1. The van der Waals surface area contributed by atoms with E-state index in [1.807, 2.05) is 6.92 Å². The van der Waals surface area contributed by atoms with Gasteiger partial charge in [-0.25, -0.2) is 0 Å². The molecule has 0 aromatic carbocycles. The minimum Gasteiger partial charge on any atom is -0.351 e. The van der Waals surface area contributed by atoms with Crippen LogP contribution in [0.4, 0.5) is 11.4 Å². The van der Waals surface area contributed by atoms with Crippen molar-refractivity contribution in [2.45, 2.75) is 13.3 Å². The lowest BCUT2D eigenvalue weighted by Gasteiger charge is -2.07. The molecule has 0 saturated carbocycles. The molecule has 2 rings (SSSR count). The molecule has 0 spiro atoms. The molecule has 2 heterocycles. The van der Waals surface area contributed by atoms with E-state index in [1.165, 1.54) is 10.9 Å². The maximum atomic E-state index is 12.1. The van der Waals surface area contributed by atoms with Crippen molar-refractivity contribution in [3.63, 3.8) is 0 Å². The summed E-state index contributed by atoms with van der Waals surface area (Å²) in [6.07, 6.45) is 2.99. The van der Waals surface area contributed by atoms with E-state index in [1.54, 1.807) is 7.05 Å². The number of carbonyl (C=O) groups is 2. The topological polar surface area (TPSA) is 148 Å². The minimum atomic E-state index is -0.785. The maximum Gasteiger partial charge on any atom is 0.319 e. The average Bonchev–Trinajstić information content (AvgIpc) is 3.12. The first-order valence-corrected chi connectivity index (χ1v) is 6.75. The number of rotatable bonds is 6. The summed E-state index contributed by atoms with van der Waals surface area (Å²) in [6, 6.07) is 0. The number of nitrogens with zero attached hydrogens (tertiary/aromatic N) is 4. The lowest BCUT2D eigenvalue weighted by Crippen LogP contribution is -2.27. The van der Waals surface area contributed by atoms with E-state index in [-0.39, 0.29) is 17.1 Å². The van der Waals surface area contributed by atoms with E-state index >= 15 is 0 Å². The van der Waals surface area contributed by atoms with Crippen molar-refractivity contribution < 1.29 is 14.5 Å². The van der Waals surface area contributed by atoms with Gasteiger partial charge >= 0.3 is 5.69 Å². The fraction of sp³-hybridized carbons (Fsp3) is 0.333. The highest BCUT2D eigenvalue weighted by Crippen LogP contribution is 2.19. The van der Waals surface area contributed by atoms with Gasteiger partial charge in [0.2, 0.25) is 5.69 Å². The van der Waals surface area contributed by atoms with Gasteiger partial charge in [-0.3, -0.25) is 29.5 Å². The highest BCUT2D eigenvalue weighted by atomic mass is 16.6. The first-order valence-electron chi connectivity index (χ1n) is 6.75. The number of hydrogen-bond acceptors (Lipinski definition) is 6. The van der Waals surface area contributed by atoms with Crippen molar-refractivity contribution >= 4 is 23.2 Å². The van der Waals surface area contributed by atoms with Crippen LogP contribution in [0, 0.1) is 10.1 Å². The molecule has 11 nitrogen and oxygen atoms in total. The Bertz CT molecular complexity index is 748. The number of nitrogens with one attached hydrogen (secondary N) is 3. The highest BCUT2D eigenvalue weighted by molar-refractivity contribution is 6.09. The predicted molar refractivity (Wildman–Crippen MR) is 79.0 cm³/mol. The monoisotopic (exact) mass is 321 g/mol. The number of carbonyl (C=O) groups excluding carboxylic acids is 2. The minimum absolute atomic E-state index is 0.147. The molecule has 3 N–H and O–H groups in total. The van der Waals surface area contributed by atoms with Gasteiger partial charge in [-0.2, -0.15) is 10.2 Å². The van der Waals surface area contributed by atoms with E-state index in [0.717, 1.165) is 12.6 Å². The number of H-pyrrole nitrogens is 1. The first-order chi connectivity index (χ1) is 11.0. The Hall–Kier alpha value is -3.24. The Morgan fingerprint density at radius 2 is 2.13 bits per heavy atom. The summed E-state index contributed by atoms with van der Waals surface area (Å²) in [7, 11) is 1.55. The third-order valence-corrected chi connectivity index (χ3v) is 2.98. The van der Waals surface area contributed by atoms with Crippen LogP contribution >= 0.6 is 0 Å². The van der Waals surface area contributed by atoms with Gasteiger partial charge in [0.25, 0.3) is 11.8 Å². The summed E-state index contributed by atoms with van der Waals surface area (Å²) < 4.78 is 1.31. The molecule has 0 aliphatic carbocycles. The van der Waals surface area contributed by atoms with Gasteiger partial charge in [0.1, 0.15) is 11.9 Å². The number of nitro groups is 1. The van der Waals surface area contributed by atoms with Crippen molar-refractivity contribution in [1.82, 2.24) is 25.3 Å². The molecule has 0 atom stereocenters. The first kappa shape index (κ1) is 16.1. The molecule has 122 valence electrons. The molecule has 2 aromatic heterocycles. The maximum absolute atomic E-state index is 12.1. The Kier molecular flexibility index (Phi) is 4.69. The Morgan fingerprint density at radius 3 is 2.78 bits per heavy atom. The van der Waals surface area contributed by atoms with E-state index in [4.69, 9.17) is 0 Å². The number of hydrogen-bond donors (Lipinski definition) is 3. The number of aromatic nitrogens is 4. The van der Waals surface area contributed by atoms with Crippen molar-refractivity contribution in [3.05, 3.63) is 33.9 Å². The second-order valence-corrected chi connectivity index (χ2v) is 4.63. The zero-order valence-corrected chi connectivity index (χ0v) is 12.5. The molecule has 2 amide bonds. The van der Waals surface area contributed by atoms with Crippen LogP contribution in [0.1, 0.15) is 34.3 Å². The predicted octanol–water partition coefficient (Wildman–Crippen LogP) is 0.443. The summed E-state index contributed by atoms with van der Waals surface area (Å²) in [5.41, 5.74) is -0.467. The van der Waals surface area contributed by atoms with Crippen LogP contribution in [0.25, 0.3) is 0 Å². The molecule has 0 aliphatic rings. The SMILES string of the molecule is CCCNC(=O)c1c(NC(=O)c2[nH]ncc2[N+](=O)[O-])cnn1C. The van der Waals surface area contributed by atoms with Gasteiger partial charge < -0.3 is 10.6 Å². The lowest BCUT2D eigenvalue weighted by atomic mass is 10.3. The van der Waals surface area contributed by atoms with Gasteiger partial charge in [0, 0.05) is 13.6 Å². The molecular weight excluding hydrogens is 306 g/mol. The smallest absolute Gasteiger partial charge is 0.319 e. The fourth-order valence-corrected chi connectivity index (χ4v) is 1.89. The Morgan fingerprint density at radius 1 is 1.39 bits per heavy atom. The third-order valence-electron chi connectivity index (χ3n) is 2.98. The molecular formula is C12H15N7O4. The summed E-state index contributed by atoms with van der Waals surface area (Å²) in [5, 5.41) is 25.6. The van der Waals surface area contributed by atoms with Crippen LogP contribution in [-0.4, -0.2) is 43.3 Å². The number of amides is 2. The van der Waals surface area contributed by atoms with E-state index in [9.17, 15) is 19.7 Å². The van der Waals surface area contributed by atoms with Crippen LogP contribution in [0.5, 0.6) is 0 Å². The highest BCUT2D eigenvalue weighted by Gasteiger charge is 2.25. The van der Waals surface area contributed by atoms with Gasteiger partial charge in [0.05, 0.1) is 16.8 Å². The summed E-state index contributed by atoms with van der Waals surface area (Å²) >= 11 is 0. The fourth-order valence-electron chi connectivity index (χ4n) is 1.89. The molecule has 0 aliphatic heterocycles. The van der Waals surface area contributed by atoms with Crippen LogP contribution in [0.3, 0.4) is 0 Å².